The number of nitrogens with zero attached hydrogens (tertiary/aromatic N) is 1. The maximum absolute atomic E-state index is 13.8. The van der Waals surface area contributed by atoms with Crippen molar-refractivity contribution in [2.24, 2.45) is 22.7 Å². The van der Waals surface area contributed by atoms with Gasteiger partial charge in [-0.05, 0) is 97.6 Å². The number of allylic oxidation sites excluding steroid dienone is 4. The lowest BCUT2D eigenvalue weighted by molar-refractivity contribution is -0.136. The third-order valence-electron chi connectivity index (χ3n) is 10.7. The van der Waals surface area contributed by atoms with Crippen LogP contribution in [0.4, 0.5) is 5.69 Å². The number of fused-ring (bicyclic) bond motifs is 4. The number of hydrogen-bond donors (Lipinski definition) is 0. The van der Waals surface area contributed by atoms with Gasteiger partial charge < -0.3 is 14.4 Å². The molecule has 1 saturated heterocycles. The predicted molar refractivity (Wildman–Crippen MR) is 153 cm³/mol. The minimum absolute atomic E-state index is 0.115. The zero-order chi connectivity index (χ0) is 27.2. The fourth-order valence-corrected chi connectivity index (χ4v) is 8.93. The molecule has 5 heteroatoms. The number of methoxy groups -OCH3 is 1. The number of benzene rings is 1. The van der Waals surface area contributed by atoms with Gasteiger partial charge in [-0.1, -0.05) is 30.6 Å². The third kappa shape index (κ3) is 4.23. The predicted octanol–water partition coefficient (Wildman–Crippen LogP) is 5.65. The van der Waals surface area contributed by atoms with E-state index in [9.17, 15) is 9.59 Å². The minimum Gasteiger partial charge on any atom is -0.378 e. The summed E-state index contributed by atoms with van der Waals surface area (Å²) in [5, 5.41) is 0. The lowest BCUT2D eigenvalue weighted by Gasteiger charge is -2.54. The van der Waals surface area contributed by atoms with Gasteiger partial charge in [0.15, 0.2) is 11.6 Å². The Kier molecular flexibility index (Phi) is 7.06. The van der Waals surface area contributed by atoms with Crippen LogP contribution in [0.25, 0.3) is 0 Å². The fraction of sp³-hybridized carbons (Fsp3) is 0.588. The third-order valence-corrected chi connectivity index (χ3v) is 10.7. The number of morpholine rings is 1. The molecule has 4 aliphatic carbocycles. The summed E-state index contributed by atoms with van der Waals surface area (Å²) in [5.74, 6) is 8.11. The molecule has 0 bridgehead atoms. The van der Waals surface area contributed by atoms with Crippen molar-refractivity contribution in [3.63, 3.8) is 0 Å². The average molecular weight is 528 g/mol. The van der Waals surface area contributed by atoms with Crippen LogP contribution in [0.15, 0.2) is 47.1 Å². The first-order valence-electron chi connectivity index (χ1n) is 14.8. The van der Waals surface area contributed by atoms with Gasteiger partial charge >= 0.3 is 0 Å². The van der Waals surface area contributed by atoms with Gasteiger partial charge in [0.1, 0.15) is 6.61 Å². The van der Waals surface area contributed by atoms with E-state index in [-0.39, 0.29) is 29.5 Å². The lowest BCUT2D eigenvalue weighted by atomic mass is 9.48. The normalized spacial score (nSPS) is 33.9. The van der Waals surface area contributed by atoms with Crippen LogP contribution >= 0.6 is 0 Å². The highest BCUT2D eigenvalue weighted by atomic mass is 16.5. The van der Waals surface area contributed by atoms with Crippen LogP contribution in [0.5, 0.6) is 0 Å². The first-order chi connectivity index (χ1) is 18.9. The zero-order valence-corrected chi connectivity index (χ0v) is 23.7. The molecule has 1 aromatic rings. The summed E-state index contributed by atoms with van der Waals surface area (Å²) in [6, 6.07) is 9.16. The van der Waals surface area contributed by atoms with Gasteiger partial charge in [0, 0.05) is 38.2 Å². The van der Waals surface area contributed by atoms with Crippen LogP contribution in [-0.2, 0) is 19.1 Å². The second kappa shape index (κ2) is 10.4. The van der Waals surface area contributed by atoms with Gasteiger partial charge in [0.05, 0.1) is 18.6 Å². The molecule has 1 aromatic carbocycles. The highest BCUT2D eigenvalue weighted by molar-refractivity contribution is 5.93. The molecular weight excluding hydrogens is 486 g/mol. The second-order valence-electron chi connectivity index (χ2n) is 12.4. The van der Waals surface area contributed by atoms with Crippen LogP contribution in [-0.4, -0.2) is 51.6 Å². The van der Waals surface area contributed by atoms with Crippen LogP contribution in [0, 0.1) is 34.5 Å². The van der Waals surface area contributed by atoms with Crippen LogP contribution < -0.4 is 4.90 Å². The molecule has 6 rings (SSSR count). The molecule has 3 fully saturated rings. The maximum atomic E-state index is 13.8. The Morgan fingerprint density at radius 1 is 1.13 bits per heavy atom. The zero-order valence-electron chi connectivity index (χ0n) is 23.7. The Hall–Kier alpha value is -2.68. The van der Waals surface area contributed by atoms with E-state index in [1.54, 1.807) is 12.7 Å². The molecule has 5 aliphatic rings. The first kappa shape index (κ1) is 26.5. The minimum atomic E-state index is -0.677. The molecule has 39 heavy (non-hydrogen) atoms. The molecule has 206 valence electrons. The number of ketones is 2. The van der Waals surface area contributed by atoms with Gasteiger partial charge in [0.2, 0.25) is 0 Å². The van der Waals surface area contributed by atoms with E-state index in [4.69, 9.17) is 9.47 Å². The Morgan fingerprint density at radius 2 is 1.90 bits per heavy atom. The van der Waals surface area contributed by atoms with Crippen molar-refractivity contribution in [1.29, 1.82) is 0 Å². The second-order valence-corrected chi connectivity index (χ2v) is 12.4. The van der Waals surface area contributed by atoms with E-state index in [0.717, 1.165) is 64.8 Å². The van der Waals surface area contributed by atoms with E-state index in [0.29, 0.717) is 18.3 Å². The average Bonchev–Trinajstić information content (AvgIpc) is 3.26. The Labute approximate surface area is 233 Å². The van der Waals surface area contributed by atoms with E-state index in [1.807, 2.05) is 13.0 Å². The summed E-state index contributed by atoms with van der Waals surface area (Å²) < 4.78 is 11.0. The van der Waals surface area contributed by atoms with Gasteiger partial charge in [-0.25, -0.2) is 0 Å². The van der Waals surface area contributed by atoms with Crippen LogP contribution in [0.3, 0.4) is 0 Å². The summed E-state index contributed by atoms with van der Waals surface area (Å²) in [6.45, 7) is 7.72. The van der Waals surface area contributed by atoms with Crippen molar-refractivity contribution in [3.8, 4) is 11.8 Å². The number of ether oxygens (including phenoxy) is 2. The van der Waals surface area contributed by atoms with E-state index in [1.165, 1.54) is 22.4 Å². The molecule has 2 saturated carbocycles. The fourth-order valence-electron chi connectivity index (χ4n) is 8.93. The summed E-state index contributed by atoms with van der Waals surface area (Å²) in [4.78, 5) is 28.6. The Balaban J connectivity index is 1.46. The SMILES string of the molecule is CC#C[C@]1(C(=O)COC)CC[C@H]2[C@@H]3CCC4=CC(=O)CCC4=C3[C@@H](c3ccc(N4CCOCC4)cc3)C[C@@]21C. The molecule has 0 amide bonds. The molecule has 0 spiro atoms. The molecule has 1 heterocycles. The molecule has 0 N–H and O–H groups in total. The number of carbonyl (C=O) groups excluding carboxylic acids is 2. The molecule has 5 nitrogen and oxygen atoms in total. The van der Waals surface area contributed by atoms with Crippen molar-refractivity contribution in [2.45, 2.75) is 64.7 Å². The van der Waals surface area contributed by atoms with Crippen molar-refractivity contribution in [1.82, 2.24) is 0 Å². The highest BCUT2D eigenvalue weighted by Crippen LogP contribution is 2.69. The summed E-state index contributed by atoms with van der Waals surface area (Å²) in [7, 11) is 1.61. The topological polar surface area (TPSA) is 55.8 Å². The highest BCUT2D eigenvalue weighted by Gasteiger charge is 2.65. The molecule has 1 aliphatic heterocycles. The monoisotopic (exact) mass is 527 g/mol. The number of anilines is 1. The molecular formula is C34H41NO4. The van der Waals surface area contributed by atoms with Gasteiger partial charge in [-0.3, -0.25) is 9.59 Å². The van der Waals surface area contributed by atoms with Crippen molar-refractivity contribution >= 4 is 17.3 Å². The maximum Gasteiger partial charge on any atom is 0.176 e. The van der Waals surface area contributed by atoms with Gasteiger partial charge in [-0.2, -0.15) is 0 Å². The van der Waals surface area contributed by atoms with Crippen LogP contribution in [0.2, 0.25) is 0 Å². The number of carbonyl (C=O) groups is 2. The smallest absolute Gasteiger partial charge is 0.176 e. The molecule has 0 radical (unpaired) electrons. The van der Waals surface area contributed by atoms with Gasteiger partial charge in [-0.15, -0.1) is 5.92 Å². The summed E-state index contributed by atoms with van der Waals surface area (Å²) in [5.41, 5.74) is 5.92. The summed E-state index contributed by atoms with van der Waals surface area (Å²) >= 11 is 0. The Morgan fingerprint density at radius 3 is 2.62 bits per heavy atom. The first-order valence-corrected chi connectivity index (χ1v) is 14.8. The lowest BCUT2D eigenvalue weighted by Crippen LogP contribution is -2.51. The molecule has 5 atom stereocenters. The quantitative estimate of drug-likeness (QED) is 0.464. The van der Waals surface area contributed by atoms with E-state index < -0.39 is 5.41 Å². The number of hydrogen-bond acceptors (Lipinski definition) is 5. The molecule has 0 unspecified atom stereocenters. The Bertz CT molecular complexity index is 1270. The van der Waals surface area contributed by atoms with Crippen LogP contribution in [0.1, 0.15) is 70.3 Å². The van der Waals surface area contributed by atoms with Crippen molar-refractivity contribution < 1.29 is 19.1 Å². The standard InChI is InChI=1S/C34H41NO4/c1-4-14-34(31(37)22-38-3)15-13-30-28-11-7-24-20-26(36)10-12-27(24)32(28)29(21-33(30,34)2)23-5-8-25(9-6-23)35-16-18-39-19-17-35/h5-6,8-9,20,28-30H,7,10-13,15-19,21-22H2,1-3H3/t28-,29+,30-,33-,34+/m0/s1. The van der Waals surface area contributed by atoms with E-state index in [2.05, 4.69) is 47.9 Å². The largest absolute Gasteiger partial charge is 0.378 e. The summed E-state index contributed by atoms with van der Waals surface area (Å²) in [6.07, 6.45) is 8.12. The van der Waals surface area contributed by atoms with Crippen molar-refractivity contribution in [2.75, 3.05) is 44.9 Å². The number of Topliss-reactive ketones (excluding diaryl/α,β-unsaturated/α-hetero) is 1. The molecule has 0 aromatic heterocycles. The van der Waals surface area contributed by atoms with Crippen molar-refractivity contribution in [3.05, 3.63) is 52.6 Å². The van der Waals surface area contributed by atoms with Gasteiger partial charge in [0.25, 0.3) is 0 Å². The van der Waals surface area contributed by atoms with E-state index >= 15 is 0 Å². The number of rotatable bonds is 5.